The first-order chi connectivity index (χ1) is 12.0. The van der Waals surface area contributed by atoms with Gasteiger partial charge in [-0.3, -0.25) is 9.69 Å². The molecule has 2 aliphatic heterocycles. The second-order valence-electron chi connectivity index (χ2n) is 6.92. The van der Waals surface area contributed by atoms with E-state index in [0.29, 0.717) is 6.42 Å². The molecule has 0 aliphatic carbocycles. The third-order valence-corrected chi connectivity index (χ3v) is 6.72. The van der Waals surface area contributed by atoms with Crippen molar-refractivity contribution < 1.29 is 17.9 Å². The molecule has 2 fully saturated rings. The van der Waals surface area contributed by atoms with Gasteiger partial charge in [0.05, 0.1) is 30.8 Å². The summed E-state index contributed by atoms with van der Waals surface area (Å²) in [6, 6.07) is 9.84. The molecule has 1 amide bonds. The molecule has 0 radical (unpaired) electrons. The summed E-state index contributed by atoms with van der Waals surface area (Å²) in [4.78, 5) is 14.8. The van der Waals surface area contributed by atoms with E-state index >= 15 is 0 Å². The highest BCUT2D eigenvalue weighted by Gasteiger charge is 2.30. The van der Waals surface area contributed by atoms with Crippen LogP contribution in [0, 0.1) is 5.92 Å². The summed E-state index contributed by atoms with van der Waals surface area (Å²) >= 11 is 0. The van der Waals surface area contributed by atoms with Crippen LogP contribution in [0.25, 0.3) is 0 Å². The fourth-order valence-corrected chi connectivity index (χ4v) is 5.37. The highest BCUT2D eigenvalue weighted by Crippen LogP contribution is 2.22. The quantitative estimate of drug-likeness (QED) is 0.813. The predicted molar refractivity (Wildman–Crippen MR) is 96.0 cm³/mol. The van der Waals surface area contributed by atoms with Gasteiger partial charge in [-0.2, -0.15) is 0 Å². The highest BCUT2D eigenvalue weighted by atomic mass is 32.2. The molecule has 1 aromatic carbocycles. The molecule has 25 heavy (non-hydrogen) atoms. The van der Waals surface area contributed by atoms with E-state index < -0.39 is 9.84 Å². The maximum Gasteiger partial charge on any atom is 0.220 e. The van der Waals surface area contributed by atoms with Crippen molar-refractivity contribution in [2.45, 2.75) is 18.9 Å². The van der Waals surface area contributed by atoms with Crippen LogP contribution in [0.3, 0.4) is 0 Å². The lowest BCUT2D eigenvalue weighted by molar-refractivity contribution is -0.122. The van der Waals surface area contributed by atoms with Crippen molar-refractivity contribution in [2.75, 3.05) is 44.4 Å². The number of rotatable bonds is 6. The van der Waals surface area contributed by atoms with Crippen LogP contribution in [0.1, 0.15) is 24.4 Å². The molecule has 0 aromatic heterocycles. The standard InChI is InChI=1S/C18H26N2O4S/c21-18(12-15-6-11-25(22,23)14-15)19-17(16-4-2-1-3-5-16)13-20-7-9-24-10-8-20/h1-5,15,17H,6-14H2,(H,19,21). The topological polar surface area (TPSA) is 75.7 Å². The second kappa shape index (κ2) is 8.29. The minimum atomic E-state index is -2.95. The molecule has 1 aromatic rings. The number of ether oxygens (including phenoxy) is 1. The summed E-state index contributed by atoms with van der Waals surface area (Å²) in [5.74, 6) is 0.231. The van der Waals surface area contributed by atoms with Crippen LogP contribution in [-0.2, 0) is 19.4 Å². The Morgan fingerprint density at radius 1 is 1.24 bits per heavy atom. The average Bonchev–Trinajstić information content (AvgIpc) is 2.94. The van der Waals surface area contributed by atoms with Gasteiger partial charge in [-0.1, -0.05) is 30.3 Å². The Bertz CT molecular complexity index is 672. The van der Waals surface area contributed by atoms with E-state index in [1.165, 1.54) is 0 Å². The monoisotopic (exact) mass is 366 g/mol. The van der Waals surface area contributed by atoms with Gasteiger partial charge in [0.25, 0.3) is 0 Å². The molecule has 138 valence electrons. The summed E-state index contributed by atoms with van der Waals surface area (Å²) in [6.45, 7) is 3.90. The first-order valence-corrected chi connectivity index (χ1v) is 10.7. The van der Waals surface area contributed by atoms with Gasteiger partial charge in [0.15, 0.2) is 9.84 Å². The van der Waals surface area contributed by atoms with Crippen LogP contribution >= 0.6 is 0 Å². The van der Waals surface area contributed by atoms with Gasteiger partial charge < -0.3 is 10.1 Å². The van der Waals surface area contributed by atoms with E-state index in [4.69, 9.17) is 4.74 Å². The lowest BCUT2D eigenvalue weighted by atomic mass is 10.0. The Labute approximate surface area is 149 Å². The normalized spacial score (nSPS) is 24.7. The highest BCUT2D eigenvalue weighted by molar-refractivity contribution is 7.91. The SMILES string of the molecule is O=C(CC1CCS(=O)(=O)C1)NC(CN1CCOCC1)c1ccccc1. The summed E-state index contributed by atoms with van der Waals surface area (Å²) in [7, 11) is -2.95. The molecular weight excluding hydrogens is 340 g/mol. The van der Waals surface area contributed by atoms with Crippen molar-refractivity contribution >= 4 is 15.7 Å². The number of nitrogens with zero attached hydrogens (tertiary/aromatic N) is 1. The zero-order valence-corrected chi connectivity index (χ0v) is 15.2. The molecule has 2 atom stereocenters. The van der Waals surface area contributed by atoms with Crippen LogP contribution in [0.5, 0.6) is 0 Å². The molecule has 3 rings (SSSR count). The number of hydrogen-bond acceptors (Lipinski definition) is 5. The molecule has 0 spiro atoms. The Morgan fingerprint density at radius 3 is 2.60 bits per heavy atom. The summed E-state index contributed by atoms with van der Waals surface area (Å²) in [5.41, 5.74) is 1.07. The minimum absolute atomic E-state index is 0.0511. The number of morpholine rings is 1. The van der Waals surface area contributed by atoms with E-state index in [1.807, 2.05) is 30.3 Å². The summed E-state index contributed by atoms with van der Waals surface area (Å²) < 4.78 is 28.5. The van der Waals surface area contributed by atoms with Crippen LogP contribution in [-0.4, -0.2) is 63.6 Å². The third kappa shape index (κ3) is 5.52. The number of sulfone groups is 1. The molecular formula is C18H26N2O4S. The largest absolute Gasteiger partial charge is 0.379 e. The zero-order valence-electron chi connectivity index (χ0n) is 14.4. The smallest absolute Gasteiger partial charge is 0.220 e. The number of benzene rings is 1. The Balaban J connectivity index is 1.61. The number of amides is 1. The molecule has 6 nitrogen and oxygen atoms in total. The van der Waals surface area contributed by atoms with Crippen molar-refractivity contribution in [1.82, 2.24) is 10.2 Å². The molecule has 2 aliphatic rings. The third-order valence-electron chi connectivity index (χ3n) is 4.88. The minimum Gasteiger partial charge on any atom is -0.379 e. The molecule has 2 saturated heterocycles. The number of nitrogens with one attached hydrogen (secondary N) is 1. The number of carbonyl (C=O) groups excluding carboxylic acids is 1. The second-order valence-corrected chi connectivity index (χ2v) is 9.15. The van der Waals surface area contributed by atoms with Crippen molar-refractivity contribution in [3.8, 4) is 0 Å². The lowest BCUT2D eigenvalue weighted by Crippen LogP contribution is -2.43. The predicted octanol–water partition coefficient (Wildman–Crippen LogP) is 1.00. The molecule has 7 heteroatoms. The van der Waals surface area contributed by atoms with E-state index in [9.17, 15) is 13.2 Å². The molecule has 0 bridgehead atoms. The maximum absolute atomic E-state index is 12.5. The van der Waals surface area contributed by atoms with Crippen molar-refractivity contribution in [2.24, 2.45) is 5.92 Å². The summed E-state index contributed by atoms with van der Waals surface area (Å²) in [6.07, 6.45) is 0.876. The van der Waals surface area contributed by atoms with Gasteiger partial charge in [-0.15, -0.1) is 0 Å². The molecule has 2 unspecified atom stereocenters. The molecule has 1 N–H and O–H groups in total. The molecule has 0 saturated carbocycles. The van der Waals surface area contributed by atoms with Gasteiger partial charge in [-0.25, -0.2) is 8.42 Å². The Kier molecular flexibility index (Phi) is 6.09. The van der Waals surface area contributed by atoms with Gasteiger partial charge in [0.1, 0.15) is 0 Å². The number of carbonyl (C=O) groups is 1. The average molecular weight is 366 g/mol. The lowest BCUT2D eigenvalue weighted by Gasteiger charge is -2.31. The van der Waals surface area contributed by atoms with Crippen molar-refractivity contribution in [3.05, 3.63) is 35.9 Å². The van der Waals surface area contributed by atoms with Crippen LogP contribution < -0.4 is 5.32 Å². The van der Waals surface area contributed by atoms with Crippen LogP contribution in [0.15, 0.2) is 30.3 Å². The molecule has 2 heterocycles. The van der Waals surface area contributed by atoms with Crippen molar-refractivity contribution in [1.29, 1.82) is 0 Å². The van der Waals surface area contributed by atoms with E-state index in [2.05, 4.69) is 10.2 Å². The van der Waals surface area contributed by atoms with Crippen LogP contribution in [0.4, 0.5) is 0 Å². The first kappa shape index (κ1) is 18.4. The summed E-state index contributed by atoms with van der Waals surface area (Å²) in [5, 5.41) is 3.12. The van der Waals surface area contributed by atoms with Crippen LogP contribution in [0.2, 0.25) is 0 Å². The van der Waals surface area contributed by atoms with Gasteiger partial charge in [0, 0.05) is 26.1 Å². The Hall–Kier alpha value is -1.44. The fraction of sp³-hybridized carbons (Fsp3) is 0.611. The van der Waals surface area contributed by atoms with E-state index in [1.54, 1.807) is 0 Å². The van der Waals surface area contributed by atoms with Gasteiger partial charge >= 0.3 is 0 Å². The van der Waals surface area contributed by atoms with Crippen molar-refractivity contribution in [3.63, 3.8) is 0 Å². The number of hydrogen-bond donors (Lipinski definition) is 1. The van der Waals surface area contributed by atoms with E-state index in [0.717, 1.165) is 38.4 Å². The zero-order chi connectivity index (χ0) is 17.7. The fourth-order valence-electron chi connectivity index (χ4n) is 3.51. The first-order valence-electron chi connectivity index (χ1n) is 8.87. The maximum atomic E-state index is 12.5. The Morgan fingerprint density at radius 2 is 1.96 bits per heavy atom. The van der Waals surface area contributed by atoms with E-state index in [-0.39, 0.29) is 35.8 Å². The van der Waals surface area contributed by atoms with Gasteiger partial charge in [0.2, 0.25) is 5.91 Å². The van der Waals surface area contributed by atoms with Gasteiger partial charge in [-0.05, 0) is 17.9 Å².